The smallest absolute Gasteiger partial charge is 0.331 e. The molecule has 0 aliphatic heterocycles. The molecule has 5 nitrogen and oxygen atoms in total. The minimum atomic E-state index is -1.91. The lowest BCUT2D eigenvalue weighted by atomic mass is 9.68. The number of carboxylic acid groups (broad SMARTS) is 1. The molecule has 0 amide bonds. The molecular formula is C16H22N2O3. The minimum absolute atomic E-state index is 0.0459. The van der Waals surface area contributed by atoms with E-state index in [1.54, 1.807) is 0 Å². The largest absolute Gasteiger partial charge is 0.480 e. The van der Waals surface area contributed by atoms with Crippen molar-refractivity contribution in [3.8, 4) is 0 Å². The molecule has 0 radical (unpaired) electrons. The molecule has 1 atom stereocenters. The number of nitrogens with two attached hydrogens (primary N) is 2. The molecule has 1 unspecified atom stereocenters. The molecule has 0 heterocycles. The van der Waals surface area contributed by atoms with Crippen LogP contribution in [0.4, 0.5) is 0 Å². The lowest BCUT2D eigenvalue weighted by Crippen LogP contribution is -2.61. The summed E-state index contributed by atoms with van der Waals surface area (Å²) in [6, 6.07) is 9.38. The van der Waals surface area contributed by atoms with Gasteiger partial charge in [0.15, 0.2) is 11.3 Å². The summed E-state index contributed by atoms with van der Waals surface area (Å²) >= 11 is 0. The molecule has 2 rings (SSSR count). The quantitative estimate of drug-likeness (QED) is 0.682. The van der Waals surface area contributed by atoms with Crippen molar-refractivity contribution < 1.29 is 14.7 Å². The number of benzene rings is 1. The number of hydrogen-bond donors (Lipinski definition) is 3. The third kappa shape index (κ3) is 2.59. The zero-order chi connectivity index (χ0) is 15.5. The average molecular weight is 290 g/mol. The van der Waals surface area contributed by atoms with Crippen molar-refractivity contribution in [3.05, 3.63) is 35.9 Å². The van der Waals surface area contributed by atoms with Crippen LogP contribution in [0.15, 0.2) is 30.3 Å². The molecule has 0 spiro atoms. The van der Waals surface area contributed by atoms with Crippen molar-refractivity contribution >= 4 is 11.8 Å². The van der Waals surface area contributed by atoms with Crippen LogP contribution in [0.1, 0.15) is 37.7 Å². The molecule has 1 aromatic carbocycles. The molecule has 0 saturated heterocycles. The van der Waals surface area contributed by atoms with Crippen LogP contribution in [0.3, 0.4) is 0 Å². The lowest BCUT2D eigenvalue weighted by Gasteiger charge is -2.35. The van der Waals surface area contributed by atoms with Gasteiger partial charge in [-0.25, -0.2) is 4.79 Å². The maximum absolute atomic E-state index is 13.1. The molecule has 5 N–H and O–H groups in total. The van der Waals surface area contributed by atoms with E-state index >= 15 is 0 Å². The Balaban J connectivity index is 2.48. The van der Waals surface area contributed by atoms with Gasteiger partial charge < -0.3 is 16.6 Å². The predicted octanol–water partition coefficient (Wildman–Crippen LogP) is 1.20. The Labute approximate surface area is 124 Å². The van der Waals surface area contributed by atoms with Gasteiger partial charge in [-0.1, -0.05) is 43.2 Å². The van der Waals surface area contributed by atoms with Crippen LogP contribution in [0.2, 0.25) is 0 Å². The number of rotatable bonds is 6. The van der Waals surface area contributed by atoms with Gasteiger partial charge >= 0.3 is 5.97 Å². The zero-order valence-electron chi connectivity index (χ0n) is 12.0. The summed E-state index contributed by atoms with van der Waals surface area (Å²) in [6.07, 6.45) is 3.05. The Morgan fingerprint density at radius 2 is 1.76 bits per heavy atom. The molecule has 1 fully saturated rings. The van der Waals surface area contributed by atoms with Crippen LogP contribution >= 0.6 is 0 Å². The lowest BCUT2D eigenvalue weighted by molar-refractivity contribution is -0.150. The fourth-order valence-electron chi connectivity index (χ4n) is 3.35. The van der Waals surface area contributed by atoms with E-state index in [1.807, 2.05) is 30.3 Å². The van der Waals surface area contributed by atoms with Crippen molar-refractivity contribution in [1.29, 1.82) is 0 Å². The predicted molar refractivity (Wildman–Crippen MR) is 79.8 cm³/mol. The van der Waals surface area contributed by atoms with E-state index in [-0.39, 0.29) is 13.0 Å². The summed E-state index contributed by atoms with van der Waals surface area (Å²) in [5.41, 5.74) is 9.61. The molecule has 0 aromatic heterocycles. The van der Waals surface area contributed by atoms with Gasteiger partial charge in [0.1, 0.15) is 0 Å². The number of hydrogen-bond acceptors (Lipinski definition) is 4. The van der Waals surface area contributed by atoms with Gasteiger partial charge in [0.05, 0.1) is 5.41 Å². The second-order valence-electron chi connectivity index (χ2n) is 5.80. The van der Waals surface area contributed by atoms with Gasteiger partial charge in [0, 0.05) is 0 Å². The minimum Gasteiger partial charge on any atom is -0.480 e. The number of ketones is 1. The topological polar surface area (TPSA) is 106 Å². The highest BCUT2D eigenvalue weighted by molar-refractivity contribution is 6.12. The van der Waals surface area contributed by atoms with Crippen LogP contribution in [-0.2, 0) is 15.0 Å². The number of carbonyl (C=O) groups is 2. The van der Waals surface area contributed by atoms with Crippen molar-refractivity contribution in [2.75, 3.05) is 6.54 Å². The Kier molecular flexibility index (Phi) is 4.44. The molecule has 1 saturated carbocycles. The van der Waals surface area contributed by atoms with Crippen LogP contribution in [0.25, 0.3) is 0 Å². The number of aliphatic carboxylic acids is 1. The Bertz CT molecular complexity index is 524. The van der Waals surface area contributed by atoms with Crippen molar-refractivity contribution in [3.63, 3.8) is 0 Å². The Morgan fingerprint density at radius 3 is 2.24 bits per heavy atom. The maximum Gasteiger partial charge on any atom is 0.331 e. The summed E-state index contributed by atoms with van der Waals surface area (Å²) < 4.78 is 0. The standard InChI is InChI=1S/C16H22N2O3/c17-11-10-16(18,14(20)21)13(19)15(8-4-5-9-15)12-6-2-1-3-7-12/h1-3,6-7H,4-5,8-11,17-18H2,(H,20,21). The van der Waals surface area contributed by atoms with Gasteiger partial charge in [-0.15, -0.1) is 0 Å². The van der Waals surface area contributed by atoms with Crippen molar-refractivity contribution in [2.24, 2.45) is 11.5 Å². The van der Waals surface area contributed by atoms with Crippen LogP contribution in [0.5, 0.6) is 0 Å². The highest BCUT2D eigenvalue weighted by Gasteiger charge is 2.53. The van der Waals surface area contributed by atoms with E-state index < -0.39 is 22.7 Å². The van der Waals surface area contributed by atoms with Gasteiger partial charge in [0.25, 0.3) is 0 Å². The number of carboxylic acids is 1. The fourth-order valence-corrected chi connectivity index (χ4v) is 3.35. The van der Waals surface area contributed by atoms with Crippen molar-refractivity contribution in [1.82, 2.24) is 0 Å². The monoisotopic (exact) mass is 290 g/mol. The first-order valence-electron chi connectivity index (χ1n) is 7.30. The highest BCUT2D eigenvalue weighted by atomic mass is 16.4. The maximum atomic E-state index is 13.1. The molecule has 5 heteroatoms. The second-order valence-corrected chi connectivity index (χ2v) is 5.80. The third-order valence-electron chi connectivity index (χ3n) is 4.54. The van der Waals surface area contributed by atoms with Gasteiger partial charge in [-0.05, 0) is 31.4 Å². The van der Waals surface area contributed by atoms with Gasteiger partial charge in [-0.3, -0.25) is 4.79 Å². The van der Waals surface area contributed by atoms with Crippen molar-refractivity contribution in [2.45, 2.75) is 43.1 Å². The Hall–Kier alpha value is -1.72. The first-order valence-corrected chi connectivity index (χ1v) is 7.30. The molecule has 1 aliphatic carbocycles. The van der Waals surface area contributed by atoms with Crippen LogP contribution in [0, 0.1) is 0 Å². The van der Waals surface area contributed by atoms with Crippen LogP contribution < -0.4 is 11.5 Å². The third-order valence-corrected chi connectivity index (χ3v) is 4.54. The SMILES string of the molecule is NCCC(N)(C(=O)O)C(=O)C1(c2ccccc2)CCCC1. The molecular weight excluding hydrogens is 268 g/mol. The normalized spacial score (nSPS) is 19.9. The average Bonchev–Trinajstić information content (AvgIpc) is 2.98. The first kappa shape index (κ1) is 15.7. The summed E-state index contributed by atoms with van der Waals surface area (Å²) in [7, 11) is 0. The Morgan fingerprint density at radius 1 is 1.19 bits per heavy atom. The molecule has 114 valence electrons. The molecule has 0 bridgehead atoms. The zero-order valence-corrected chi connectivity index (χ0v) is 12.0. The van der Waals surface area contributed by atoms with Gasteiger partial charge in [0.2, 0.25) is 0 Å². The van der Waals surface area contributed by atoms with E-state index in [1.165, 1.54) is 0 Å². The molecule has 21 heavy (non-hydrogen) atoms. The van der Waals surface area contributed by atoms with E-state index in [0.29, 0.717) is 12.8 Å². The van der Waals surface area contributed by atoms with Crippen LogP contribution in [-0.4, -0.2) is 28.9 Å². The van der Waals surface area contributed by atoms with Gasteiger partial charge in [-0.2, -0.15) is 0 Å². The van der Waals surface area contributed by atoms with E-state index in [9.17, 15) is 14.7 Å². The van der Waals surface area contributed by atoms with E-state index in [0.717, 1.165) is 18.4 Å². The fraction of sp³-hybridized carbons (Fsp3) is 0.500. The summed E-state index contributed by atoms with van der Waals surface area (Å²) in [6.45, 7) is 0.0689. The van der Waals surface area contributed by atoms with E-state index in [2.05, 4.69) is 0 Å². The summed E-state index contributed by atoms with van der Waals surface area (Å²) in [5, 5.41) is 9.45. The van der Waals surface area contributed by atoms with E-state index in [4.69, 9.17) is 11.5 Å². The number of carbonyl (C=O) groups excluding carboxylic acids is 1. The second kappa shape index (κ2) is 5.95. The highest BCUT2D eigenvalue weighted by Crippen LogP contribution is 2.44. The molecule has 1 aromatic rings. The summed E-state index contributed by atoms with van der Waals surface area (Å²) in [4.78, 5) is 24.6. The molecule has 1 aliphatic rings. The summed E-state index contributed by atoms with van der Waals surface area (Å²) in [5.74, 6) is -1.70. The first-order chi connectivity index (χ1) is 9.97. The number of Topliss-reactive ketones (excluding diaryl/α,β-unsaturated/α-hetero) is 1.